The molecule has 0 aliphatic carbocycles. The van der Waals surface area contributed by atoms with Crippen LogP contribution < -0.4 is 50.0 Å². The molecule has 11 aromatic heterocycles. The number of rotatable bonds is 24. The molecule has 0 saturated carbocycles. The third kappa shape index (κ3) is 29.6. The van der Waals surface area contributed by atoms with Gasteiger partial charge in [-0.1, -0.05) is 65.3 Å². The molecule has 2 aliphatic rings. The van der Waals surface area contributed by atoms with E-state index in [0.717, 1.165) is 82.5 Å². The predicted molar refractivity (Wildman–Crippen MR) is 560 cm³/mol. The molecule has 7 N–H and O–H groups in total. The Morgan fingerprint density at radius 3 is 1.47 bits per heavy atom. The fraction of sp³-hybridized carbons (Fsp3) is 0.222. The predicted octanol–water partition coefficient (Wildman–Crippen LogP) is 18.5. The van der Waals surface area contributed by atoms with Gasteiger partial charge in [0.15, 0.2) is 9.84 Å². The molecule has 2 aliphatic heterocycles. The number of anilines is 10. The van der Waals surface area contributed by atoms with E-state index in [2.05, 4.69) is 95.8 Å². The summed E-state index contributed by atoms with van der Waals surface area (Å²) in [5.41, 5.74) is 11.3. The van der Waals surface area contributed by atoms with Crippen molar-refractivity contribution >= 4 is 174 Å². The average Bonchev–Trinajstić information content (AvgIpc) is 0.785. The maximum Gasteiger partial charge on any atom is 0.303 e. The van der Waals surface area contributed by atoms with Gasteiger partial charge in [0.2, 0.25) is 29.5 Å². The number of carbonyl (C=O) groups excluding carboxylic acids is 5. The van der Waals surface area contributed by atoms with Gasteiger partial charge in [-0.05, 0) is 227 Å². The highest BCUT2D eigenvalue weighted by atomic mass is 35.5. The second-order valence-corrected chi connectivity index (χ2v) is 41.8. The quantitative estimate of drug-likeness (QED) is 0.0295. The second kappa shape index (κ2) is 49.3. The highest BCUT2D eigenvalue weighted by Crippen LogP contribution is 2.39. The molecule has 760 valence electrons. The highest BCUT2D eigenvalue weighted by molar-refractivity contribution is 7.93. The van der Waals surface area contributed by atoms with Gasteiger partial charge in [0, 0.05) is 181 Å². The lowest BCUT2D eigenvalue weighted by Gasteiger charge is -2.34. The highest BCUT2D eigenvalue weighted by Gasteiger charge is 2.34. The van der Waals surface area contributed by atoms with Crippen molar-refractivity contribution in [3.63, 3.8) is 0 Å². The summed E-state index contributed by atoms with van der Waals surface area (Å²) in [4.78, 5) is 110. The monoisotopic (exact) mass is 2140 g/mol. The van der Waals surface area contributed by atoms with Gasteiger partial charge in [-0.25, -0.2) is 65.5 Å². The number of methoxy groups -OCH3 is 1. The maximum atomic E-state index is 14.2. The summed E-state index contributed by atoms with van der Waals surface area (Å²) in [6, 6.07) is 39.5. The molecule has 0 radical (unpaired) electrons. The van der Waals surface area contributed by atoms with Crippen molar-refractivity contribution in [3.8, 4) is 61.5 Å². The molecule has 37 nitrogen and oxygen atoms in total. The summed E-state index contributed by atoms with van der Waals surface area (Å²) in [7, 11) is -10.7. The van der Waals surface area contributed by atoms with Gasteiger partial charge >= 0.3 is 20.4 Å². The smallest absolute Gasteiger partial charge is 0.303 e. The number of aromatic nitrogens is 12. The molecule has 3 aromatic carbocycles. The van der Waals surface area contributed by atoms with Crippen LogP contribution in [0.2, 0.25) is 20.1 Å². The topological polar surface area (TPSA) is 483 Å². The average molecular weight is 2140 g/mol. The molecule has 5 amide bonds. The largest absolute Gasteiger partial charge is 0.480 e. The number of nitrogens with one attached hydrogen (secondary N) is 7. The number of benzene rings is 3. The molecular weight excluding hydrogens is 2040 g/mol. The van der Waals surface area contributed by atoms with Crippen LogP contribution in [0.1, 0.15) is 104 Å². The minimum atomic E-state index is -4.10. The molecule has 2 fully saturated rings. The SMILES string of the molecule is CC(=O)Nc1cc(-c2cnc(C)c(CS(=O)(=O)c3cccc(Cl)c3Cl)c2)ccn1.CC(=O)Nc1cc(-c2cnc(C)c(N3CCCN(C)S3(=O)=O)c2)ccn1.CC(=O)Nc1cc(-c2cnc(C)c(NS(=O)(=O)N3CCCCCC3)c2)ccn1.COc1ncc(-c2ccnc(NC(C)=O)c2)cc1S(=O)(=O)Nc1ccc(Cl)cc1Cl.Cc1nccc(Nc2cc(-c3cnc(C)c(C(=O)N(C)c4ccc(F)cc4F)c3)ccn2)n1. The van der Waals surface area contributed by atoms with Gasteiger partial charge in [-0.2, -0.15) is 25.4 Å². The van der Waals surface area contributed by atoms with Crippen LogP contribution in [0.5, 0.6) is 5.88 Å². The third-order valence-electron chi connectivity index (χ3n) is 21.9. The first-order valence-electron chi connectivity index (χ1n) is 44.6. The lowest BCUT2D eigenvalue weighted by Crippen LogP contribution is -2.48. The van der Waals surface area contributed by atoms with Gasteiger partial charge in [-0.15, -0.1) is 0 Å². The number of hydrogen-bond donors (Lipinski definition) is 7. The Kier molecular flexibility index (Phi) is 37.2. The zero-order valence-corrected chi connectivity index (χ0v) is 86.9. The Morgan fingerprint density at radius 1 is 0.452 bits per heavy atom. The Morgan fingerprint density at radius 2 is 0.938 bits per heavy atom. The van der Waals surface area contributed by atoms with E-state index < -0.39 is 57.8 Å². The van der Waals surface area contributed by atoms with Crippen LogP contribution in [-0.2, 0) is 65.2 Å². The second-order valence-electron chi connectivity index (χ2n) is 32.9. The first-order chi connectivity index (χ1) is 69.3. The van der Waals surface area contributed by atoms with Crippen LogP contribution in [0.25, 0.3) is 55.6 Å². The van der Waals surface area contributed by atoms with Crippen molar-refractivity contribution in [2.45, 2.75) is 110 Å². The van der Waals surface area contributed by atoms with Crippen LogP contribution in [0.4, 0.5) is 66.4 Å². The number of pyridine rings is 10. The van der Waals surface area contributed by atoms with Crippen molar-refractivity contribution < 1.29 is 71.2 Å². The van der Waals surface area contributed by atoms with Crippen LogP contribution in [-0.4, -0.2) is 179 Å². The van der Waals surface area contributed by atoms with E-state index in [-0.39, 0.29) is 71.5 Å². The van der Waals surface area contributed by atoms with Gasteiger partial charge in [0.1, 0.15) is 57.3 Å². The van der Waals surface area contributed by atoms with Crippen LogP contribution >= 0.6 is 46.4 Å². The third-order valence-corrected chi connectivity index (χ3v) is 29.9. The normalized spacial score (nSPS) is 13.0. The number of hydrogen-bond acceptors (Lipinski definition) is 27. The number of amides is 5. The summed E-state index contributed by atoms with van der Waals surface area (Å²) in [6.07, 6.45) is 22.2. The van der Waals surface area contributed by atoms with E-state index in [1.54, 1.807) is 188 Å². The summed E-state index contributed by atoms with van der Waals surface area (Å²) in [5.74, 6) is 0.0859. The van der Waals surface area contributed by atoms with E-state index in [9.17, 15) is 66.4 Å². The van der Waals surface area contributed by atoms with E-state index in [0.29, 0.717) is 139 Å². The van der Waals surface area contributed by atoms with E-state index in [1.165, 1.54) is 110 Å². The van der Waals surface area contributed by atoms with Crippen molar-refractivity contribution in [1.82, 2.24) is 68.4 Å². The molecule has 0 bridgehead atoms. The number of carbonyl (C=O) groups is 5. The number of nitrogens with zero attached hydrogens (tertiary/aromatic N) is 16. The lowest BCUT2D eigenvalue weighted by molar-refractivity contribution is -0.115. The number of halogens is 6. The maximum absolute atomic E-state index is 14.2. The van der Waals surface area contributed by atoms with Crippen LogP contribution in [0.15, 0.2) is 230 Å². The van der Waals surface area contributed by atoms with Crippen molar-refractivity contribution in [2.75, 3.05) is 92.6 Å². The van der Waals surface area contributed by atoms with Gasteiger partial charge in [0.05, 0.1) is 78.2 Å². The van der Waals surface area contributed by atoms with Gasteiger partial charge in [-0.3, -0.25) is 57.7 Å². The lowest BCUT2D eigenvalue weighted by atomic mass is 10.0. The molecule has 0 atom stereocenters. The molecule has 14 aromatic rings. The number of aryl methyl sites for hydroxylation is 5. The summed E-state index contributed by atoms with van der Waals surface area (Å²) < 4.78 is 145. The molecule has 13 heterocycles. The first kappa shape index (κ1) is 110. The Hall–Kier alpha value is -14.7. The zero-order chi connectivity index (χ0) is 106. The molecule has 0 unspecified atom stereocenters. The molecule has 146 heavy (non-hydrogen) atoms. The zero-order valence-electron chi connectivity index (χ0n) is 80.6. The fourth-order valence-electron chi connectivity index (χ4n) is 14.6. The van der Waals surface area contributed by atoms with Crippen molar-refractivity contribution in [1.29, 1.82) is 0 Å². The van der Waals surface area contributed by atoms with E-state index in [1.807, 2.05) is 6.07 Å². The van der Waals surface area contributed by atoms with Gasteiger partial charge < -0.3 is 36.2 Å². The number of sulfone groups is 1. The summed E-state index contributed by atoms with van der Waals surface area (Å²) in [5, 5.41) is 14.3. The molecule has 16 rings (SSSR count). The van der Waals surface area contributed by atoms with Crippen LogP contribution in [0.3, 0.4) is 0 Å². The first-order valence-corrected chi connectivity index (χ1v) is 52.1. The Labute approximate surface area is 862 Å². The summed E-state index contributed by atoms with van der Waals surface area (Å²) in [6.45, 7) is 16.4. The number of ether oxygens (including phenoxy) is 1. The van der Waals surface area contributed by atoms with Crippen molar-refractivity contribution in [3.05, 3.63) is 291 Å². The van der Waals surface area contributed by atoms with E-state index in [4.69, 9.17) is 51.1 Å². The van der Waals surface area contributed by atoms with E-state index >= 15 is 0 Å². The Bertz CT molecular complexity index is 7750. The van der Waals surface area contributed by atoms with Crippen LogP contribution in [0, 0.1) is 46.3 Å². The fourth-order valence-corrected chi connectivity index (χ4v) is 21.4. The minimum absolute atomic E-state index is 0.00464. The Balaban J connectivity index is 0.000000163. The summed E-state index contributed by atoms with van der Waals surface area (Å²) >= 11 is 24.0. The van der Waals surface area contributed by atoms with Gasteiger partial charge in [0.25, 0.3) is 15.9 Å². The minimum Gasteiger partial charge on any atom is -0.480 e. The molecular formula is C99H99Cl4F2N23O14S4. The molecule has 0 spiro atoms. The van der Waals surface area contributed by atoms with Crippen molar-refractivity contribution in [2.24, 2.45) is 0 Å². The standard InChI is InChI=1S/C24H20F2N6O.C20H17Cl2N3O3S.C19H16Cl2N4O4S.C19H25N5O3S.C17H21N5O3S/c1-14-19(24(33)32(3)21-5-4-18(25)12-20(21)26)10-17(13-29-14)16-6-8-28-23(11-16)31-22-7-9-27-15(2)30-22;1-12-16(11-29(27,28)18-5-3-4-17(21)20(18)22)8-15(10-24-12)14-6-7-23-19(9-14)25-13(2)26;1-11(26)24-18-8-12(5-6-22-18)13-7-17(19(29-2)23-10-13)30(27,28)25-16-4-3-14(20)9-15(16)21;1-14-18(23-28(26,27)24-9-5-3-4-6-10-24)11-17(13-21-14)16-7-8-20-19(12-16)22-15(2)25;1-12-16(22-8-4-7-21(3)26(22,24)25)9-15(11-19-12)14-5-6-18-17(10-14)20-13(2)23/h4-13H,1-3H3,(H,27,28,30,31);3-10H,11H2,1-2H3,(H,23,25,26);3-10,25H,1-2H3,(H,22,24,26);7-8,11-13,23H,3-6,9-10H2,1-2H3,(H,20,22,25);5-6,9-11H,4,7-8H2,1-3H3,(H,18,20,23). The molecule has 2 saturated heterocycles. The number of sulfonamides is 1. The molecule has 47 heteroatoms.